The molecule has 0 amide bonds. The van der Waals surface area contributed by atoms with Crippen LogP contribution in [0.4, 0.5) is 5.69 Å². The molecule has 0 saturated heterocycles. The Kier molecular flexibility index (Phi) is 6.24. The number of benzene rings is 2. The van der Waals surface area contributed by atoms with Crippen molar-refractivity contribution in [3.63, 3.8) is 0 Å². The van der Waals surface area contributed by atoms with Crippen LogP contribution in [0, 0.1) is 26.2 Å². The van der Waals surface area contributed by atoms with E-state index < -0.39 is 17.1 Å². The summed E-state index contributed by atoms with van der Waals surface area (Å²) in [5.41, 5.74) is 2.26. The van der Waals surface area contributed by atoms with E-state index in [1.807, 2.05) is 38.0 Å². The number of para-hydroxylation sites is 1. The lowest BCUT2D eigenvalue weighted by atomic mass is 9.94. The van der Waals surface area contributed by atoms with E-state index in [1.165, 1.54) is 6.20 Å². The number of hydrogen-bond acceptors (Lipinski definition) is 5. The molecular formula is C26H26N2O4. The van der Waals surface area contributed by atoms with Crippen LogP contribution in [0.15, 0.2) is 53.5 Å². The SMILES string of the molecule is C#CC(=O)n1cc(-c2cc(C(C)(C)O)ccc2Oc2c(C)cccc2C)cc(NC)c1=O. The number of aliphatic hydroxyl groups is 1. The molecule has 0 aliphatic rings. The number of nitrogens with zero attached hydrogens (tertiary/aromatic N) is 1. The molecule has 0 radical (unpaired) electrons. The van der Waals surface area contributed by atoms with Gasteiger partial charge in [-0.2, -0.15) is 0 Å². The first-order chi connectivity index (χ1) is 15.1. The van der Waals surface area contributed by atoms with E-state index in [9.17, 15) is 14.7 Å². The van der Waals surface area contributed by atoms with Crippen molar-refractivity contribution in [1.82, 2.24) is 4.57 Å². The Hall–Kier alpha value is -3.82. The van der Waals surface area contributed by atoms with Crippen LogP contribution in [0.5, 0.6) is 11.5 Å². The topological polar surface area (TPSA) is 80.6 Å². The lowest BCUT2D eigenvalue weighted by molar-refractivity contribution is 0.0786. The Morgan fingerprint density at radius 3 is 2.38 bits per heavy atom. The lowest BCUT2D eigenvalue weighted by Gasteiger charge is -2.22. The van der Waals surface area contributed by atoms with Gasteiger partial charge in [0.05, 0.1) is 5.60 Å². The van der Waals surface area contributed by atoms with Crippen molar-refractivity contribution >= 4 is 11.6 Å². The molecule has 1 heterocycles. The van der Waals surface area contributed by atoms with Crippen molar-refractivity contribution in [2.45, 2.75) is 33.3 Å². The summed E-state index contributed by atoms with van der Waals surface area (Å²) in [6.07, 6.45) is 6.66. The van der Waals surface area contributed by atoms with Crippen LogP contribution >= 0.6 is 0 Å². The third kappa shape index (κ3) is 4.43. The van der Waals surface area contributed by atoms with E-state index in [2.05, 4.69) is 5.32 Å². The van der Waals surface area contributed by atoms with Gasteiger partial charge in [0.15, 0.2) is 0 Å². The van der Waals surface area contributed by atoms with Crippen molar-refractivity contribution in [1.29, 1.82) is 0 Å². The van der Waals surface area contributed by atoms with E-state index in [4.69, 9.17) is 11.2 Å². The highest BCUT2D eigenvalue weighted by molar-refractivity contribution is 5.96. The Labute approximate surface area is 187 Å². The Balaban J connectivity index is 2.30. The zero-order valence-corrected chi connectivity index (χ0v) is 18.8. The lowest BCUT2D eigenvalue weighted by Crippen LogP contribution is -2.27. The Morgan fingerprint density at radius 1 is 1.16 bits per heavy atom. The van der Waals surface area contributed by atoms with Gasteiger partial charge in [-0.25, -0.2) is 4.57 Å². The molecule has 3 aromatic rings. The summed E-state index contributed by atoms with van der Waals surface area (Å²) in [6, 6.07) is 12.8. The predicted molar refractivity (Wildman–Crippen MR) is 126 cm³/mol. The Morgan fingerprint density at radius 2 is 1.81 bits per heavy atom. The highest BCUT2D eigenvalue weighted by Gasteiger charge is 2.21. The number of carbonyl (C=O) groups excluding carboxylic acids is 1. The predicted octanol–water partition coefficient (Wildman–Crippen LogP) is 4.47. The second-order valence-corrected chi connectivity index (χ2v) is 8.11. The van der Waals surface area contributed by atoms with Crippen LogP contribution in [0.2, 0.25) is 0 Å². The highest BCUT2D eigenvalue weighted by Crippen LogP contribution is 2.38. The summed E-state index contributed by atoms with van der Waals surface area (Å²) in [6.45, 7) is 7.27. The zero-order chi connectivity index (χ0) is 23.6. The number of anilines is 1. The van der Waals surface area contributed by atoms with Crippen LogP contribution in [0.1, 0.15) is 35.3 Å². The first-order valence-corrected chi connectivity index (χ1v) is 10.1. The van der Waals surface area contributed by atoms with Gasteiger partial charge in [-0.1, -0.05) is 24.3 Å². The summed E-state index contributed by atoms with van der Waals surface area (Å²) in [4.78, 5) is 24.8. The average molecular weight is 431 g/mol. The summed E-state index contributed by atoms with van der Waals surface area (Å²) in [5.74, 6) is 2.43. The first kappa shape index (κ1) is 22.9. The van der Waals surface area contributed by atoms with Crippen molar-refractivity contribution in [2.24, 2.45) is 0 Å². The molecule has 2 N–H and O–H groups in total. The molecule has 6 nitrogen and oxygen atoms in total. The minimum atomic E-state index is -1.11. The fourth-order valence-corrected chi connectivity index (χ4v) is 3.42. The van der Waals surface area contributed by atoms with E-state index in [0.29, 0.717) is 28.2 Å². The smallest absolute Gasteiger partial charge is 0.309 e. The number of aromatic nitrogens is 1. The van der Waals surface area contributed by atoms with Crippen LogP contribution in [-0.2, 0) is 5.60 Å². The van der Waals surface area contributed by atoms with E-state index in [-0.39, 0.29) is 5.69 Å². The maximum atomic E-state index is 12.6. The minimum absolute atomic E-state index is 0.206. The van der Waals surface area contributed by atoms with E-state index in [1.54, 1.807) is 45.2 Å². The summed E-state index contributed by atoms with van der Waals surface area (Å²) in [7, 11) is 1.59. The number of rotatable bonds is 5. The fraction of sp³-hybridized carbons (Fsp3) is 0.231. The third-order valence-electron chi connectivity index (χ3n) is 5.25. The van der Waals surface area contributed by atoms with Crippen molar-refractivity contribution in [2.75, 3.05) is 12.4 Å². The molecule has 0 spiro atoms. The molecule has 164 valence electrons. The van der Waals surface area contributed by atoms with Crippen LogP contribution in [-0.4, -0.2) is 22.6 Å². The van der Waals surface area contributed by atoms with Crippen molar-refractivity contribution < 1.29 is 14.6 Å². The fourth-order valence-electron chi connectivity index (χ4n) is 3.42. The van der Waals surface area contributed by atoms with Gasteiger partial charge in [-0.15, -0.1) is 6.42 Å². The second kappa shape index (κ2) is 8.74. The van der Waals surface area contributed by atoms with Crippen molar-refractivity contribution in [3.05, 3.63) is 75.7 Å². The quantitative estimate of drug-likeness (QED) is 0.584. The molecule has 6 heteroatoms. The standard InChI is InChI=1S/C26H26N2O4/c1-7-23(29)28-15-18(13-21(27-6)25(28)30)20-14-19(26(4,5)31)11-12-22(20)32-24-16(2)9-8-10-17(24)3/h1,8-15,27,31H,2-6H3. The summed E-state index contributed by atoms with van der Waals surface area (Å²) in [5, 5.41) is 13.4. The number of aryl methyl sites for hydroxylation is 2. The zero-order valence-electron chi connectivity index (χ0n) is 18.8. The number of pyridine rings is 1. The molecule has 0 aliphatic heterocycles. The number of ether oxygens (including phenoxy) is 1. The van der Waals surface area contributed by atoms with Gasteiger partial charge < -0.3 is 15.2 Å². The number of carbonyl (C=O) groups is 1. The maximum absolute atomic E-state index is 12.6. The molecular weight excluding hydrogens is 404 g/mol. The summed E-state index contributed by atoms with van der Waals surface area (Å²) >= 11 is 0. The van der Waals surface area contributed by atoms with E-state index >= 15 is 0 Å². The second-order valence-electron chi connectivity index (χ2n) is 8.11. The molecule has 1 aromatic heterocycles. The Bertz CT molecular complexity index is 1270. The number of nitrogens with one attached hydrogen (secondary N) is 1. The molecule has 0 atom stereocenters. The average Bonchev–Trinajstić information content (AvgIpc) is 2.75. The molecule has 0 bridgehead atoms. The van der Waals surface area contributed by atoms with E-state index in [0.717, 1.165) is 15.7 Å². The molecule has 0 aliphatic carbocycles. The molecule has 0 fully saturated rings. The van der Waals surface area contributed by atoms with Crippen LogP contribution < -0.4 is 15.6 Å². The van der Waals surface area contributed by atoms with Gasteiger partial charge in [-0.05, 0) is 68.5 Å². The first-order valence-electron chi connectivity index (χ1n) is 10.1. The monoisotopic (exact) mass is 430 g/mol. The summed E-state index contributed by atoms with van der Waals surface area (Å²) < 4.78 is 7.20. The van der Waals surface area contributed by atoms with Gasteiger partial charge in [0.1, 0.15) is 17.2 Å². The van der Waals surface area contributed by atoms with Crippen LogP contribution in [0.3, 0.4) is 0 Å². The minimum Gasteiger partial charge on any atom is -0.456 e. The molecule has 2 aromatic carbocycles. The van der Waals surface area contributed by atoms with Crippen LogP contribution in [0.25, 0.3) is 11.1 Å². The number of terminal acetylenes is 1. The van der Waals surface area contributed by atoms with Crippen molar-refractivity contribution in [3.8, 4) is 35.0 Å². The number of hydrogen-bond donors (Lipinski definition) is 2. The molecule has 3 rings (SSSR count). The third-order valence-corrected chi connectivity index (χ3v) is 5.25. The normalized spacial score (nSPS) is 11.0. The molecule has 0 saturated carbocycles. The molecule has 0 unspecified atom stereocenters. The van der Waals surface area contributed by atoms with Gasteiger partial charge >= 0.3 is 5.91 Å². The maximum Gasteiger partial charge on any atom is 0.309 e. The molecule has 32 heavy (non-hydrogen) atoms. The van der Waals surface area contributed by atoms with Gasteiger partial charge in [0, 0.05) is 24.4 Å². The van der Waals surface area contributed by atoms with Gasteiger partial charge in [0.2, 0.25) is 0 Å². The largest absolute Gasteiger partial charge is 0.456 e. The van der Waals surface area contributed by atoms with Gasteiger partial charge in [0.25, 0.3) is 5.56 Å². The highest BCUT2D eigenvalue weighted by atomic mass is 16.5. The van der Waals surface area contributed by atoms with Gasteiger partial charge in [-0.3, -0.25) is 9.59 Å².